The largest absolute Gasteiger partial charge is 0.454 e. The highest BCUT2D eigenvalue weighted by Crippen LogP contribution is 2.36. The van der Waals surface area contributed by atoms with E-state index in [0.717, 1.165) is 12.1 Å². The second kappa shape index (κ2) is 7.31. The third-order valence-corrected chi connectivity index (χ3v) is 4.94. The van der Waals surface area contributed by atoms with Crippen LogP contribution in [0.2, 0.25) is 0 Å². The molecule has 0 aliphatic carbocycles. The van der Waals surface area contributed by atoms with Gasteiger partial charge in [0.15, 0.2) is 11.5 Å². The first-order valence-electron chi connectivity index (χ1n) is 8.99. The molecule has 0 aromatic heterocycles. The Labute approximate surface area is 164 Å². The predicted molar refractivity (Wildman–Crippen MR) is 95.8 cm³/mol. The van der Waals surface area contributed by atoms with E-state index in [1.807, 2.05) is 0 Å². The molecule has 152 valence electrons. The van der Waals surface area contributed by atoms with Crippen molar-refractivity contribution in [3.8, 4) is 11.5 Å². The van der Waals surface area contributed by atoms with Crippen LogP contribution in [0.4, 0.5) is 13.2 Å². The number of hydrogen-bond acceptors (Lipinski definition) is 4. The van der Waals surface area contributed by atoms with Crippen LogP contribution in [0.5, 0.6) is 11.5 Å². The van der Waals surface area contributed by atoms with E-state index in [2.05, 4.69) is 0 Å². The van der Waals surface area contributed by atoms with Crippen LogP contribution in [-0.2, 0) is 6.18 Å². The Morgan fingerprint density at radius 2 is 1.45 bits per heavy atom. The molecule has 1 saturated heterocycles. The second-order valence-electron chi connectivity index (χ2n) is 6.70. The molecule has 9 heteroatoms. The number of piperazine rings is 1. The fraction of sp³-hybridized carbons (Fsp3) is 0.300. The van der Waals surface area contributed by atoms with Gasteiger partial charge in [-0.05, 0) is 36.4 Å². The molecular weight excluding hydrogens is 389 g/mol. The zero-order valence-electron chi connectivity index (χ0n) is 15.2. The molecule has 29 heavy (non-hydrogen) atoms. The average Bonchev–Trinajstić information content (AvgIpc) is 3.21. The quantitative estimate of drug-likeness (QED) is 0.770. The molecule has 0 N–H and O–H groups in total. The van der Waals surface area contributed by atoms with Crippen LogP contribution < -0.4 is 9.47 Å². The number of para-hydroxylation sites is 1. The van der Waals surface area contributed by atoms with E-state index >= 15 is 0 Å². The Hall–Kier alpha value is -3.23. The van der Waals surface area contributed by atoms with Crippen LogP contribution in [0.25, 0.3) is 0 Å². The van der Waals surface area contributed by atoms with Crippen molar-refractivity contribution < 1.29 is 32.2 Å². The number of carbonyl (C=O) groups excluding carboxylic acids is 2. The summed E-state index contributed by atoms with van der Waals surface area (Å²) in [6.07, 6.45) is -4.44. The van der Waals surface area contributed by atoms with Gasteiger partial charge in [0.05, 0.1) is 11.1 Å². The van der Waals surface area contributed by atoms with Crippen molar-refractivity contribution >= 4 is 11.8 Å². The molecule has 0 spiro atoms. The minimum absolute atomic E-state index is 0.0645. The van der Waals surface area contributed by atoms with Crippen LogP contribution in [0, 0.1) is 0 Å². The van der Waals surface area contributed by atoms with Gasteiger partial charge in [-0.2, -0.15) is 13.2 Å². The van der Waals surface area contributed by atoms with Gasteiger partial charge in [0.1, 0.15) is 0 Å². The summed E-state index contributed by atoms with van der Waals surface area (Å²) >= 11 is 0. The first-order valence-corrected chi connectivity index (χ1v) is 8.99. The number of benzene rings is 2. The van der Waals surface area contributed by atoms with Crippen molar-refractivity contribution in [2.75, 3.05) is 33.0 Å². The van der Waals surface area contributed by atoms with Crippen LogP contribution in [0.15, 0.2) is 42.5 Å². The highest BCUT2D eigenvalue weighted by molar-refractivity contribution is 5.98. The van der Waals surface area contributed by atoms with E-state index in [1.165, 1.54) is 17.0 Å². The molecule has 0 bridgehead atoms. The Bertz CT molecular complexity index is 936. The van der Waals surface area contributed by atoms with Crippen molar-refractivity contribution in [3.05, 3.63) is 59.2 Å². The summed E-state index contributed by atoms with van der Waals surface area (Å²) in [5, 5.41) is 0. The predicted octanol–water partition coefficient (Wildman–Crippen LogP) is 3.03. The zero-order valence-corrected chi connectivity index (χ0v) is 15.2. The number of rotatable bonds is 2. The molecule has 2 amide bonds. The molecule has 0 atom stereocenters. The van der Waals surface area contributed by atoms with E-state index in [4.69, 9.17) is 9.47 Å². The lowest BCUT2D eigenvalue weighted by molar-refractivity contribution is -0.137. The number of ether oxygens (including phenoxy) is 2. The normalized spacial score (nSPS) is 16.1. The minimum Gasteiger partial charge on any atom is -0.454 e. The molecule has 2 aromatic rings. The lowest BCUT2D eigenvalue weighted by atomic mass is 10.1. The highest BCUT2D eigenvalue weighted by Gasteiger charge is 2.32. The maximum Gasteiger partial charge on any atom is 0.416 e. The zero-order chi connectivity index (χ0) is 20.6. The fourth-order valence-electron chi connectivity index (χ4n) is 3.37. The van der Waals surface area contributed by atoms with Crippen LogP contribution in [0.1, 0.15) is 26.3 Å². The maximum absolute atomic E-state index is 12.8. The lowest BCUT2D eigenvalue weighted by Crippen LogP contribution is -2.50. The molecule has 1 fully saturated rings. The summed E-state index contributed by atoms with van der Waals surface area (Å²) in [5.74, 6) is 0.366. The van der Waals surface area contributed by atoms with Gasteiger partial charge in [-0.25, -0.2) is 0 Å². The summed E-state index contributed by atoms with van der Waals surface area (Å²) in [7, 11) is 0. The molecule has 2 aromatic carbocycles. The summed E-state index contributed by atoms with van der Waals surface area (Å²) in [6, 6.07) is 9.23. The van der Waals surface area contributed by atoms with Crippen LogP contribution in [-0.4, -0.2) is 54.6 Å². The van der Waals surface area contributed by atoms with Crippen molar-refractivity contribution in [1.82, 2.24) is 9.80 Å². The number of fused-ring (bicyclic) bond motifs is 1. The lowest BCUT2D eigenvalue weighted by Gasteiger charge is -2.35. The standard InChI is InChI=1S/C20H17F3N2O4/c21-20(22,23)14-6-4-13(5-7-14)18(26)24-8-10-25(11-9-24)19(27)15-2-1-3-16-17(15)29-12-28-16/h1-7H,8-12H2. The Morgan fingerprint density at radius 1 is 0.828 bits per heavy atom. The molecule has 2 heterocycles. The molecular formula is C20H17F3N2O4. The van der Waals surface area contributed by atoms with Gasteiger partial charge in [0, 0.05) is 31.7 Å². The monoisotopic (exact) mass is 406 g/mol. The smallest absolute Gasteiger partial charge is 0.416 e. The minimum atomic E-state index is -4.44. The Balaban J connectivity index is 1.40. The van der Waals surface area contributed by atoms with Gasteiger partial charge in [-0.3, -0.25) is 9.59 Å². The van der Waals surface area contributed by atoms with Gasteiger partial charge >= 0.3 is 6.18 Å². The van der Waals surface area contributed by atoms with Crippen molar-refractivity contribution in [2.24, 2.45) is 0 Å². The molecule has 2 aliphatic rings. The third-order valence-electron chi connectivity index (χ3n) is 4.94. The Kier molecular flexibility index (Phi) is 4.81. The fourth-order valence-corrected chi connectivity index (χ4v) is 3.37. The van der Waals surface area contributed by atoms with E-state index in [0.29, 0.717) is 30.2 Å². The second-order valence-corrected chi connectivity index (χ2v) is 6.70. The summed E-state index contributed by atoms with van der Waals surface area (Å²) in [6.45, 7) is 1.27. The van der Waals surface area contributed by atoms with E-state index < -0.39 is 11.7 Å². The van der Waals surface area contributed by atoms with Crippen molar-refractivity contribution in [1.29, 1.82) is 0 Å². The topological polar surface area (TPSA) is 59.1 Å². The van der Waals surface area contributed by atoms with E-state index in [9.17, 15) is 22.8 Å². The Morgan fingerprint density at radius 3 is 2.07 bits per heavy atom. The summed E-state index contributed by atoms with van der Waals surface area (Å²) in [4.78, 5) is 28.5. The number of hydrogen-bond donors (Lipinski definition) is 0. The van der Waals surface area contributed by atoms with Gasteiger partial charge in [-0.1, -0.05) is 6.07 Å². The SMILES string of the molecule is O=C(c1ccc(C(F)(F)F)cc1)N1CCN(C(=O)c2cccc3c2OCO3)CC1. The first-order chi connectivity index (χ1) is 13.8. The van der Waals surface area contributed by atoms with Gasteiger partial charge < -0.3 is 19.3 Å². The number of nitrogens with zero attached hydrogens (tertiary/aromatic N) is 2. The van der Waals surface area contributed by atoms with Gasteiger partial charge in [0.2, 0.25) is 6.79 Å². The van der Waals surface area contributed by atoms with Crippen molar-refractivity contribution in [3.63, 3.8) is 0 Å². The molecule has 0 unspecified atom stereocenters. The highest BCUT2D eigenvalue weighted by atomic mass is 19.4. The molecule has 0 saturated carbocycles. The number of carbonyl (C=O) groups is 2. The van der Waals surface area contributed by atoms with E-state index in [1.54, 1.807) is 23.1 Å². The van der Waals surface area contributed by atoms with Gasteiger partial charge in [-0.15, -0.1) is 0 Å². The van der Waals surface area contributed by atoms with Crippen LogP contribution in [0.3, 0.4) is 0 Å². The number of halogens is 3. The molecule has 2 aliphatic heterocycles. The summed E-state index contributed by atoms with van der Waals surface area (Å²) in [5.41, 5.74) is -0.210. The average molecular weight is 406 g/mol. The maximum atomic E-state index is 12.8. The number of alkyl halides is 3. The van der Waals surface area contributed by atoms with Crippen molar-refractivity contribution in [2.45, 2.75) is 6.18 Å². The van der Waals surface area contributed by atoms with Crippen LogP contribution >= 0.6 is 0 Å². The molecule has 0 radical (unpaired) electrons. The number of amides is 2. The summed E-state index contributed by atoms with van der Waals surface area (Å²) < 4.78 is 48.7. The molecule has 4 rings (SSSR count). The third kappa shape index (κ3) is 3.72. The first kappa shape index (κ1) is 19.1. The van der Waals surface area contributed by atoms with Gasteiger partial charge in [0.25, 0.3) is 11.8 Å². The van der Waals surface area contributed by atoms with E-state index in [-0.39, 0.29) is 37.3 Å². The molecule has 6 nitrogen and oxygen atoms in total.